The summed E-state index contributed by atoms with van der Waals surface area (Å²) in [4.78, 5) is 0. The molecule has 3 heteroatoms. The molecule has 0 saturated heterocycles. The van der Waals surface area contributed by atoms with E-state index in [4.69, 9.17) is 4.74 Å². The third-order valence-corrected chi connectivity index (χ3v) is 3.95. The maximum Gasteiger partial charge on any atom is 0.0483 e. The smallest absolute Gasteiger partial charge is 0.0483 e. The second kappa shape index (κ2) is 6.42. The van der Waals surface area contributed by atoms with Gasteiger partial charge in [0.2, 0.25) is 0 Å². The maximum atomic E-state index is 5.42. The fourth-order valence-corrected chi connectivity index (χ4v) is 2.66. The first-order chi connectivity index (χ1) is 9.88. The van der Waals surface area contributed by atoms with Crippen LogP contribution in [-0.2, 0) is 17.8 Å². The van der Waals surface area contributed by atoms with E-state index in [1.54, 1.807) is 0 Å². The Bertz CT molecular complexity index is 557. The molecule has 20 heavy (non-hydrogen) atoms. The highest BCUT2D eigenvalue weighted by Crippen LogP contribution is 2.23. The molecule has 1 fully saturated rings. The molecule has 0 unspecified atom stereocenters. The zero-order chi connectivity index (χ0) is 13.8. The van der Waals surface area contributed by atoms with Crippen LogP contribution in [0.2, 0.25) is 0 Å². The van der Waals surface area contributed by atoms with Crippen LogP contribution < -0.4 is 5.32 Å². The molecule has 1 aromatic heterocycles. The standard InChI is InChI=1S/C17H24N2O/c1-2-20-12-4-10-19-11-9-16-14(5-3-6-17(16)19)13-18-15-7-8-15/h3,5-6,9,11,15,18H,2,4,7-8,10,12-13H2,1H3. The first-order valence-corrected chi connectivity index (χ1v) is 7.76. The van der Waals surface area contributed by atoms with E-state index >= 15 is 0 Å². The average molecular weight is 272 g/mol. The van der Waals surface area contributed by atoms with Crippen LogP contribution in [0.15, 0.2) is 30.5 Å². The van der Waals surface area contributed by atoms with Crippen LogP contribution in [-0.4, -0.2) is 23.8 Å². The molecule has 0 radical (unpaired) electrons. The quantitative estimate of drug-likeness (QED) is 0.746. The van der Waals surface area contributed by atoms with Crippen LogP contribution in [0.1, 0.15) is 31.7 Å². The molecule has 0 amide bonds. The van der Waals surface area contributed by atoms with E-state index in [1.165, 1.54) is 29.3 Å². The zero-order valence-corrected chi connectivity index (χ0v) is 12.3. The highest BCUT2D eigenvalue weighted by Gasteiger charge is 2.20. The fraction of sp³-hybridized carbons (Fsp3) is 0.529. The number of hydrogen-bond acceptors (Lipinski definition) is 2. The van der Waals surface area contributed by atoms with Gasteiger partial charge in [0.05, 0.1) is 0 Å². The molecule has 0 atom stereocenters. The minimum atomic E-state index is 0.763. The van der Waals surface area contributed by atoms with Gasteiger partial charge < -0.3 is 14.6 Å². The van der Waals surface area contributed by atoms with Crippen LogP contribution in [0.25, 0.3) is 10.9 Å². The van der Waals surface area contributed by atoms with E-state index in [2.05, 4.69) is 40.3 Å². The number of ether oxygens (including phenoxy) is 1. The second-order valence-electron chi connectivity index (χ2n) is 5.56. The lowest BCUT2D eigenvalue weighted by Crippen LogP contribution is -2.15. The Morgan fingerprint density at radius 1 is 1.30 bits per heavy atom. The number of hydrogen-bond donors (Lipinski definition) is 1. The third kappa shape index (κ3) is 3.22. The van der Waals surface area contributed by atoms with Gasteiger partial charge in [0, 0.05) is 49.4 Å². The second-order valence-corrected chi connectivity index (χ2v) is 5.56. The zero-order valence-electron chi connectivity index (χ0n) is 12.3. The van der Waals surface area contributed by atoms with Crippen molar-refractivity contribution in [3.63, 3.8) is 0 Å². The van der Waals surface area contributed by atoms with Gasteiger partial charge in [-0.2, -0.15) is 0 Å². The highest BCUT2D eigenvalue weighted by atomic mass is 16.5. The van der Waals surface area contributed by atoms with Crippen molar-refractivity contribution in [3.05, 3.63) is 36.0 Å². The predicted molar refractivity (Wildman–Crippen MR) is 82.9 cm³/mol. The number of aryl methyl sites for hydroxylation is 1. The molecular formula is C17H24N2O. The Morgan fingerprint density at radius 3 is 3.00 bits per heavy atom. The molecule has 1 aliphatic rings. The summed E-state index contributed by atoms with van der Waals surface area (Å²) in [7, 11) is 0. The molecule has 1 aliphatic carbocycles. The molecule has 0 spiro atoms. The van der Waals surface area contributed by atoms with Gasteiger partial charge in [-0.3, -0.25) is 0 Å². The molecule has 3 rings (SSSR count). The van der Waals surface area contributed by atoms with Gasteiger partial charge in [-0.1, -0.05) is 12.1 Å². The van der Waals surface area contributed by atoms with Crippen molar-refractivity contribution < 1.29 is 4.74 Å². The lowest BCUT2D eigenvalue weighted by molar-refractivity contribution is 0.142. The molecule has 3 nitrogen and oxygen atoms in total. The molecular weight excluding hydrogens is 248 g/mol. The largest absolute Gasteiger partial charge is 0.382 e. The molecule has 0 aliphatic heterocycles. The minimum Gasteiger partial charge on any atom is -0.382 e. The van der Waals surface area contributed by atoms with E-state index in [-0.39, 0.29) is 0 Å². The predicted octanol–water partition coefficient (Wildman–Crippen LogP) is 3.32. The van der Waals surface area contributed by atoms with Gasteiger partial charge in [-0.15, -0.1) is 0 Å². The van der Waals surface area contributed by atoms with E-state index in [9.17, 15) is 0 Å². The Hall–Kier alpha value is -1.32. The van der Waals surface area contributed by atoms with Crippen molar-refractivity contribution in [3.8, 4) is 0 Å². The van der Waals surface area contributed by atoms with Crippen LogP contribution in [0.4, 0.5) is 0 Å². The number of nitrogens with zero attached hydrogens (tertiary/aromatic N) is 1. The third-order valence-electron chi connectivity index (χ3n) is 3.95. The first-order valence-electron chi connectivity index (χ1n) is 7.76. The summed E-state index contributed by atoms with van der Waals surface area (Å²) in [6, 6.07) is 9.64. The molecule has 1 N–H and O–H groups in total. The first kappa shape index (κ1) is 13.7. The summed E-state index contributed by atoms with van der Waals surface area (Å²) in [5.41, 5.74) is 2.76. The van der Waals surface area contributed by atoms with Crippen molar-refractivity contribution >= 4 is 10.9 Å². The monoisotopic (exact) mass is 272 g/mol. The van der Waals surface area contributed by atoms with Crippen molar-refractivity contribution in [1.29, 1.82) is 0 Å². The van der Waals surface area contributed by atoms with Gasteiger partial charge in [0.1, 0.15) is 0 Å². The summed E-state index contributed by atoms with van der Waals surface area (Å²) in [6.45, 7) is 5.72. The summed E-state index contributed by atoms with van der Waals surface area (Å²) >= 11 is 0. The Kier molecular flexibility index (Phi) is 4.38. The van der Waals surface area contributed by atoms with E-state index < -0.39 is 0 Å². The molecule has 1 aromatic carbocycles. The van der Waals surface area contributed by atoms with Crippen molar-refractivity contribution in [2.24, 2.45) is 0 Å². The molecule has 2 aromatic rings. The van der Waals surface area contributed by atoms with Gasteiger partial charge in [-0.25, -0.2) is 0 Å². The maximum absolute atomic E-state index is 5.42. The van der Waals surface area contributed by atoms with Gasteiger partial charge >= 0.3 is 0 Å². The van der Waals surface area contributed by atoms with Crippen molar-refractivity contribution in [1.82, 2.24) is 9.88 Å². The van der Waals surface area contributed by atoms with Crippen LogP contribution in [0, 0.1) is 0 Å². The topological polar surface area (TPSA) is 26.2 Å². The summed E-state index contributed by atoms with van der Waals surface area (Å²) < 4.78 is 7.76. The lowest BCUT2D eigenvalue weighted by atomic mass is 10.1. The number of benzene rings is 1. The number of nitrogens with one attached hydrogen (secondary N) is 1. The van der Waals surface area contributed by atoms with Crippen molar-refractivity contribution in [2.75, 3.05) is 13.2 Å². The lowest BCUT2D eigenvalue weighted by Gasteiger charge is -2.08. The van der Waals surface area contributed by atoms with E-state index in [1.807, 2.05) is 6.92 Å². The summed E-state index contributed by atoms with van der Waals surface area (Å²) in [5.74, 6) is 0. The van der Waals surface area contributed by atoms with Crippen LogP contribution in [0.3, 0.4) is 0 Å². The Labute approximate surface area is 120 Å². The normalized spacial score (nSPS) is 15.1. The Morgan fingerprint density at radius 2 is 2.20 bits per heavy atom. The van der Waals surface area contributed by atoms with Gasteiger partial charge in [0.15, 0.2) is 0 Å². The molecule has 0 bridgehead atoms. The molecule has 108 valence electrons. The van der Waals surface area contributed by atoms with E-state index in [0.717, 1.165) is 38.8 Å². The Balaban J connectivity index is 1.69. The molecule has 1 saturated carbocycles. The van der Waals surface area contributed by atoms with Gasteiger partial charge in [-0.05, 0) is 43.9 Å². The number of fused-ring (bicyclic) bond motifs is 1. The SMILES string of the molecule is CCOCCCn1ccc2c(CNC3CC3)cccc21. The highest BCUT2D eigenvalue weighted by molar-refractivity contribution is 5.83. The summed E-state index contributed by atoms with van der Waals surface area (Å²) in [6.07, 6.45) is 5.96. The summed E-state index contributed by atoms with van der Waals surface area (Å²) in [5, 5.41) is 4.99. The van der Waals surface area contributed by atoms with E-state index in [0.29, 0.717) is 0 Å². The minimum absolute atomic E-state index is 0.763. The number of aromatic nitrogens is 1. The van der Waals surface area contributed by atoms with Crippen molar-refractivity contribution in [2.45, 2.75) is 45.3 Å². The van der Waals surface area contributed by atoms with Gasteiger partial charge in [0.25, 0.3) is 0 Å². The van der Waals surface area contributed by atoms with Crippen LogP contribution in [0.5, 0.6) is 0 Å². The number of rotatable bonds is 8. The van der Waals surface area contributed by atoms with Crippen LogP contribution >= 0.6 is 0 Å². The average Bonchev–Trinajstić information content (AvgIpc) is 3.21. The molecule has 1 heterocycles. The fourth-order valence-electron chi connectivity index (χ4n) is 2.66.